The molecule has 0 unspecified atom stereocenters. The highest BCUT2D eigenvalue weighted by atomic mass is 32.2. The largest absolute Gasteiger partial charge is 0.381 e. The highest BCUT2D eigenvalue weighted by Crippen LogP contribution is 2.27. The number of likely N-dealkylation sites (N-methyl/N-ethyl adjacent to an activating group) is 1. The van der Waals surface area contributed by atoms with Crippen molar-refractivity contribution >= 4 is 15.8 Å². The van der Waals surface area contributed by atoms with Crippen LogP contribution >= 0.6 is 0 Å². The second-order valence-corrected chi connectivity index (χ2v) is 8.12. The van der Waals surface area contributed by atoms with E-state index in [4.69, 9.17) is 5.73 Å². The zero-order valence-electron chi connectivity index (χ0n) is 13.2. The second kappa shape index (κ2) is 5.58. The molecule has 2 N–H and O–H groups in total. The number of nitrogens with two attached hydrogens (primary N) is 1. The van der Waals surface area contributed by atoms with Crippen LogP contribution in [0.15, 0.2) is 11.1 Å². The van der Waals surface area contributed by atoms with E-state index in [0.717, 1.165) is 6.42 Å². The molecule has 0 saturated carbocycles. The van der Waals surface area contributed by atoms with E-state index in [2.05, 4.69) is 10.00 Å². The Morgan fingerprint density at radius 1 is 1.38 bits per heavy atom. The molecular weight excluding hydrogens is 290 g/mol. The van der Waals surface area contributed by atoms with Crippen LogP contribution in [0.25, 0.3) is 0 Å². The van der Waals surface area contributed by atoms with Gasteiger partial charge < -0.3 is 5.73 Å². The van der Waals surface area contributed by atoms with Gasteiger partial charge in [0.1, 0.15) is 4.90 Å². The van der Waals surface area contributed by atoms with Crippen LogP contribution in [-0.2, 0) is 16.6 Å². The van der Waals surface area contributed by atoms with E-state index in [1.165, 1.54) is 4.31 Å². The topological polar surface area (TPSA) is 84.5 Å². The molecule has 1 saturated heterocycles. The summed E-state index contributed by atoms with van der Waals surface area (Å²) in [5.41, 5.74) is 5.62. The molecule has 7 nitrogen and oxygen atoms in total. The maximum Gasteiger partial charge on any atom is 0.248 e. The average molecular weight is 315 g/mol. The summed E-state index contributed by atoms with van der Waals surface area (Å²) in [6.45, 7) is 8.38. The van der Waals surface area contributed by atoms with Crippen molar-refractivity contribution in [2.45, 2.75) is 44.2 Å². The van der Waals surface area contributed by atoms with Gasteiger partial charge >= 0.3 is 0 Å². The molecule has 1 aromatic rings. The smallest absolute Gasteiger partial charge is 0.248 e. The molecule has 2 rings (SSSR count). The van der Waals surface area contributed by atoms with Crippen LogP contribution in [0, 0.1) is 0 Å². The van der Waals surface area contributed by atoms with Crippen LogP contribution in [0.1, 0.15) is 27.2 Å². The van der Waals surface area contributed by atoms with Gasteiger partial charge in [-0.15, -0.1) is 0 Å². The number of hydrogen-bond acceptors (Lipinski definition) is 5. The molecule has 0 radical (unpaired) electrons. The number of nitrogen functional groups attached to an aromatic ring is 1. The first-order chi connectivity index (χ1) is 9.68. The van der Waals surface area contributed by atoms with Crippen LogP contribution in [0.4, 0.5) is 5.82 Å². The molecule has 0 amide bonds. The van der Waals surface area contributed by atoms with Crippen molar-refractivity contribution in [1.82, 2.24) is 19.0 Å². The summed E-state index contributed by atoms with van der Waals surface area (Å²) in [4.78, 5) is 2.29. The number of nitrogens with zero attached hydrogens (tertiary/aromatic N) is 4. The Morgan fingerprint density at radius 3 is 2.62 bits per heavy atom. The average Bonchev–Trinajstić information content (AvgIpc) is 2.74. The van der Waals surface area contributed by atoms with Gasteiger partial charge in [0.2, 0.25) is 10.0 Å². The maximum atomic E-state index is 12.8. The summed E-state index contributed by atoms with van der Waals surface area (Å²) in [6.07, 6.45) is 2.42. The van der Waals surface area contributed by atoms with E-state index in [1.807, 2.05) is 27.8 Å². The van der Waals surface area contributed by atoms with E-state index >= 15 is 0 Å². The Kier molecular flexibility index (Phi) is 4.32. The molecule has 1 aliphatic heterocycles. The normalized spacial score (nSPS) is 20.8. The molecule has 0 aliphatic carbocycles. The van der Waals surface area contributed by atoms with Gasteiger partial charge in [0, 0.05) is 37.9 Å². The lowest BCUT2D eigenvalue weighted by Gasteiger charge is -2.44. The van der Waals surface area contributed by atoms with Gasteiger partial charge in [0.25, 0.3) is 0 Å². The number of hydrogen-bond donors (Lipinski definition) is 1. The third-order valence-corrected chi connectivity index (χ3v) is 5.97. The van der Waals surface area contributed by atoms with Crippen LogP contribution < -0.4 is 5.73 Å². The minimum Gasteiger partial charge on any atom is -0.381 e. The number of sulfonamides is 1. The minimum atomic E-state index is -3.59. The van der Waals surface area contributed by atoms with E-state index < -0.39 is 10.0 Å². The molecule has 0 spiro atoms. The standard InChI is InChI=1S/C13H25N5O2S/c1-5-6-17-9-11(12(14)15-17)21(19,20)18-8-7-16(4)13(2,3)10-18/h9H,5-8,10H2,1-4H3,(H2,14,15). The number of anilines is 1. The molecule has 1 aliphatic rings. The fraction of sp³-hybridized carbons (Fsp3) is 0.769. The van der Waals surface area contributed by atoms with Gasteiger partial charge in [-0.25, -0.2) is 8.42 Å². The van der Waals surface area contributed by atoms with Crippen LogP contribution in [0.2, 0.25) is 0 Å². The zero-order valence-corrected chi connectivity index (χ0v) is 14.0. The number of aromatic nitrogens is 2. The lowest BCUT2D eigenvalue weighted by atomic mass is 10.0. The maximum absolute atomic E-state index is 12.8. The monoisotopic (exact) mass is 315 g/mol. The Hall–Kier alpha value is -1.12. The second-order valence-electron chi connectivity index (χ2n) is 6.21. The van der Waals surface area contributed by atoms with Gasteiger partial charge in [-0.2, -0.15) is 9.40 Å². The van der Waals surface area contributed by atoms with Crippen molar-refractivity contribution in [3.8, 4) is 0 Å². The van der Waals surface area contributed by atoms with Crippen molar-refractivity contribution in [3.63, 3.8) is 0 Å². The highest BCUT2D eigenvalue weighted by molar-refractivity contribution is 7.89. The lowest BCUT2D eigenvalue weighted by molar-refractivity contribution is 0.0802. The Labute approximate surface area is 126 Å². The third kappa shape index (κ3) is 3.07. The molecule has 0 bridgehead atoms. The zero-order chi connectivity index (χ0) is 15.8. The quantitative estimate of drug-likeness (QED) is 0.879. The summed E-state index contributed by atoms with van der Waals surface area (Å²) in [6, 6.07) is 0. The number of piperazine rings is 1. The fourth-order valence-corrected chi connectivity index (χ4v) is 4.15. The highest BCUT2D eigenvalue weighted by Gasteiger charge is 2.38. The summed E-state index contributed by atoms with van der Waals surface area (Å²) >= 11 is 0. The number of aryl methyl sites for hydroxylation is 1. The van der Waals surface area contributed by atoms with Crippen molar-refractivity contribution in [3.05, 3.63) is 6.20 Å². The Bertz CT molecular complexity index is 608. The molecule has 1 aromatic heterocycles. The van der Waals surface area contributed by atoms with Gasteiger partial charge in [0.05, 0.1) is 0 Å². The van der Waals surface area contributed by atoms with Crippen LogP contribution in [0.5, 0.6) is 0 Å². The first-order valence-corrected chi connectivity index (χ1v) is 8.67. The SMILES string of the molecule is CCCn1cc(S(=O)(=O)N2CCN(C)C(C)(C)C2)c(N)n1. The van der Waals surface area contributed by atoms with E-state index in [-0.39, 0.29) is 16.3 Å². The van der Waals surface area contributed by atoms with E-state index in [0.29, 0.717) is 26.2 Å². The first kappa shape index (κ1) is 16.3. The van der Waals surface area contributed by atoms with Crippen LogP contribution in [-0.4, -0.2) is 59.6 Å². The Morgan fingerprint density at radius 2 is 2.05 bits per heavy atom. The first-order valence-electron chi connectivity index (χ1n) is 7.23. The summed E-state index contributed by atoms with van der Waals surface area (Å²) in [7, 11) is -1.57. The molecule has 0 atom stereocenters. The predicted molar refractivity (Wildman–Crippen MR) is 82.4 cm³/mol. The molecular formula is C13H25N5O2S. The molecule has 21 heavy (non-hydrogen) atoms. The summed E-state index contributed by atoms with van der Waals surface area (Å²) < 4.78 is 28.7. The number of rotatable bonds is 4. The van der Waals surface area contributed by atoms with Gasteiger partial charge in [-0.1, -0.05) is 6.92 Å². The van der Waals surface area contributed by atoms with Crippen molar-refractivity contribution in [2.24, 2.45) is 0 Å². The fourth-order valence-electron chi connectivity index (χ4n) is 2.50. The van der Waals surface area contributed by atoms with Crippen molar-refractivity contribution < 1.29 is 8.42 Å². The molecule has 120 valence electrons. The van der Waals surface area contributed by atoms with Crippen molar-refractivity contribution in [1.29, 1.82) is 0 Å². The minimum absolute atomic E-state index is 0.0835. The summed E-state index contributed by atoms with van der Waals surface area (Å²) in [5, 5.41) is 4.09. The summed E-state index contributed by atoms with van der Waals surface area (Å²) in [5.74, 6) is 0.0835. The predicted octanol–water partition coefficient (Wildman–Crippen LogP) is 0.590. The molecule has 2 heterocycles. The van der Waals surface area contributed by atoms with Gasteiger partial charge in [0.15, 0.2) is 5.82 Å². The van der Waals surface area contributed by atoms with Gasteiger partial charge in [-0.05, 0) is 27.3 Å². The lowest BCUT2D eigenvalue weighted by Crippen LogP contribution is -2.58. The molecule has 1 fully saturated rings. The van der Waals surface area contributed by atoms with E-state index in [9.17, 15) is 8.42 Å². The third-order valence-electron chi connectivity index (χ3n) is 4.11. The van der Waals surface area contributed by atoms with Crippen molar-refractivity contribution in [2.75, 3.05) is 32.4 Å². The molecule has 0 aromatic carbocycles. The van der Waals surface area contributed by atoms with E-state index in [1.54, 1.807) is 10.9 Å². The molecule has 8 heteroatoms. The van der Waals surface area contributed by atoms with Crippen LogP contribution in [0.3, 0.4) is 0 Å². The Balaban J connectivity index is 2.30. The van der Waals surface area contributed by atoms with Gasteiger partial charge in [-0.3, -0.25) is 9.58 Å².